The molecule has 1 rings (SSSR count). The summed E-state index contributed by atoms with van der Waals surface area (Å²) >= 11 is 0. The maximum Gasteiger partial charge on any atom is 0.0504 e. The Hall–Kier alpha value is 0.110. The standard InChI is InChI=1S/C14H29NOS/c1-9(2)11(5)17(16)14-8-12(10(3)4)6-7-13(14)15/h9-14H,6-8,15H2,1-5H3. The second-order valence-corrected chi connectivity index (χ2v) is 8.30. The Bertz CT molecular complexity index is 265. The lowest BCUT2D eigenvalue weighted by Crippen LogP contribution is -2.46. The van der Waals surface area contributed by atoms with E-state index in [4.69, 9.17) is 5.73 Å². The molecule has 0 saturated heterocycles. The SMILES string of the molecule is CC(C)C1CCC(N)C(S(=O)C(C)C(C)C)C1. The maximum atomic E-state index is 12.5. The van der Waals surface area contributed by atoms with Gasteiger partial charge in [0.15, 0.2) is 0 Å². The van der Waals surface area contributed by atoms with Crippen molar-refractivity contribution in [2.75, 3.05) is 0 Å². The molecule has 0 radical (unpaired) electrons. The van der Waals surface area contributed by atoms with Gasteiger partial charge in [-0.05, 0) is 37.0 Å². The van der Waals surface area contributed by atoms with Crippen LogP contribution in [-0.4, -0.2) is 20.8 Å². The first-order valence-electron chi connectivity index (χ1n) is 6.99. The normalized spacial score (nSPS) is 34.0. The lowest BCUT2D eigenvalue weighted by atomic mass is 9.79. The lowest BCUT2D eigenvalue weighted by Gasteiger charge is -2.37. The third-order valence-corrected chi connectivity index (χ3v) is 6.85. The van der Waals surface area contributed by atoms with E-state index in [0.717, 1.165) is 12.8 Å². The molecule has 1 aliphatic rings. The van der Waals surface area contributed by atoms with Gasteiger partial charge in [0, 0.05) is 22.1 Å². The van der Waals surface area contributed by atoms with Crippen molar-refractivity contribution in [3.8, 4) is 0 Å². The van der Waals surface area contributed by atoms with Gasteiger partial charge < -0.3 is 5.73 Å². The van der Waals surface area contributed by atoms with Crippen molar-refractivity contribution >= 4 is 10.8 Å². The smallest absolute Gasteiger partial charge is 0.0504 e. The molecule has 0 aromatic carbocycles. The zero-order valence-electron chi connectivity index (χ0n) is 12.0. The van der Waals surface area contributed by atoms with Gasteiger partial charge in [-0.2, -0.15) is 0 Å². The van der Waals surface area contributed by atoms with Crippen LogP contribution in [0.15, 0.2) is 0 Å². The van der Waals surface area contributed by atoms with Gasteiger partial charge in [0.1, 0.15) is 0 Å². The van der Waals surface area contributed by atoms with E-state index in [9.17, 15) is 4.21 Å². The summed E-state index contributed by atoms with van der Waals surface area (Å²) in [5.74, 6) is 1.88. The fourth-order valence-electron chi connectivity index (χ4n) is 2.60. The Labute approximate surface area is 109 Å². The van der Waals surface area contributed by atoms with Crippen LogP contribution in [0.1, 0.15) is 53.9 Å². The van der Waals surface area contributed by atoms with Crippen molar-refractivity contribution in [1.82, 2.24) is 0 Å². The predicted octanol–water partition coefficient (Wildman–Crippen LogP) is 2.93. The highest BCUT2D eigenvalue weighted by atomic mass is 32.2. The minimum absolute atomic E-state index is 0.145. The molecule has 5 atom stereocenters. The van der Waals surface area contributed by atoms with Crippen LogP contribution in [0.25, 0.3) is 0 Å². The van der Waals surface area contributed by atoms with Crippen LogP contribution in [0.5, 0.6) is 0 Å². The summed E-state index contributed by atoms with van der Waals surface area (Å²) in [6.45, 7) is 10.9. The zero-order chi connectivity index (χ0) is 13.2. The molecule has 1 fully saturated rings. The van der Waals surface area contributed by atoms with Crippen molar-refractivity contribution in [2.45, 2.75) is 70.4 Å². The molecule has 0 aromatic rings. The second-order valence-electron chi connectivity index (χ2n) is 6.30. The molecule has 0 bridgehead atoms. The van der Waals surface area contributed by atoms with Crippen LogP contribution in [0, 0.1) is 17.8 Å². The second kappa shape index (κ2) is 6.33. The highest BCUT2D eigenvalue weighted by Gasteiger charge is 2.35. The monoisotopic (exact) mass is 259 g/mol. The molecule has 0 heterocycles. The molecule has 3 heteroatoms. The minimum atomic E-state index is -0.774. The van der Waals surface area contributed by atoms with Gasteiger partial charge in [-0.15, -0.1) is 0 Å². The molecule has 17 heavy (non-hydrogen) atoms. The molecular weight excluding hydrogens is 230 g/mol. The van der Waals surface area contributed by atoms with Crippen LogP contribution in [0.2, 0.25) is 0 Å². The number of rotatable bonds is 4. The van der Waals surface area contributed by atoms with Crippen molar-refractivity contribution in [2.24, 2.45) is 23.5 Å². The molecule has 5 unspecified atom stereocenters. The van der Waals surface area contributed by atoms with Crippen molar-refractivity contribution < 1.29 is 4.21 Å². The summed E-state index contributed by atoms with van der Waals surface area (Å²) in [6.07, 6.45) is 3.31. The molecule has 1 saturated carbocycles. The third kappa shape index (κ3) is 3.78. The average molecular weight is 259 g/mol. The van der Waals surface area contributed by atoms with Gasteiger partial charge in [-0.25, -0.2) is 0 Å². The van der Waals surface area contributed by atoms with E-state index in [1.165, 1.54) is 6.42 Å². The highest BCUT2D eigenvalue weighted by molar-refractivity contribution is 7.86. The molecule has 0 aromatic heterocycles. The number of hydrogen-bond acceptors (Lipinski definition) is 2. The highest BCUT2D eigenvalue weighted by Crippen LogP contribution is 2.33. The fraction of sp³-hybridized carbons (Fsp3) is 1.00. The van der Waals surface area contributed by atoms with Crippen LogP contribution >= 0.6 is 0 Å². The first-order chi connectivity index (χ1) is 7.84. The summed E-state index contributed by atoms with van der Waals surface area (Å²) in [5.41, 5.74) is 6.19. The fourth-order valence-corrected chi connectivity index (χ4v) is 4.61. The Morgan fingerprint density at radius 3 is 2.18 bits per heavy atom. The Morgan fingerprint density at radius 1 is 1.12 bits per heavy atom. The number of nitrogens with two attached hydrogens (primary N) is 1. The molecule has 0 amide bonds. The van der Waals surface area contributed by atoms with Crippen LogP contribution in [0.3, 0.4) is 0 Å². The summed E-state index contributed by atoms with van der Waals surface area (Å²) in [5, 5.41) is 0.477. The van der Waals surface area contributed by atoms with Crippen molar-refractivity contribution in [1.29, 1.82) is 0 Å². The first kappa shape index (κ1) is 15.2. The van der Waals surface area contributed by atoms with Crippen LogP contribution in [-0.2, 0) is 10.8 Å². The van der Waals surface area contributed by atoms with E-state index >= 15 is 0 Å². The summed E-state index contributed by atoms with van der Waals surface area (Å²) in [4.78, 5) is 0. The van der Waals surface area contributed by atoms with E-state index in [2.05, 4.69) is 34.6 Å². The average Bonchev–Trinajstić information content (AvgIpc) is 2.27. The molecule has 0 aliphatic heterocycles. The molecule has 0 spiro atoms. The quantitative estimate of drug-likeness (QED) is 0.843. The first-order valence-corrected chi connectivity index (χ1v) is 8.27. The van der Waals surface area contributed by atoms with E-state index in [0.29, 0.717) is 17.8 Å². The maximum absolute atomic E-state index is 12.5. The van der Waals surface area contributed by atoms with Gasteiger partial charge in [-0.3, -0.25) is 4.21 Å². The van der Waals surface area contributed by atoms with E-state index in [-0.39, 0.29) is 16.5 Å². The minimum Gasteiger partial charge on any atom is -0.327 e. The van der Waals surface area contributed by atoms with E-state index < -0.39 is 10.8 Å². The number of hydrogen-bond donors (Lipinski definition) is 1. The summed E-state index contributed by atoms with van der Waals surface area (Å²) in [7, 11) is -0.774. The van der Waals surface area contributed by atoms with Gasteiger partial charge in [0.05, 0.1) is 5.25 Å². The topological polar surface area (TPSA) is 43.1 Å². The molecule has 102 valence electrons. The zero-order valence-corrected chi connectivity index (χ0v) is 12.8. The summed E-state index contributed by atoms with van der Waals surface area (Å²) < 4.78 is 12.5. The van der Waals surface area contributed by atoms with Crippen LogP contribution in [0.4, 0.5) is 0 Å². The van der Waals surface area contributed by atoms with Crippen LogP contribution < -0.4 is 5.73 Å². The molecule has 2 N–H and O–H groups in total. The molecule has 2 nitrogen and oxygen atoms in total. The van der Waals surface area contributed by atoms with Gasteiger partial charge in [-0.1, -0.05) is 34.6 Å². The molecule has 1 aliphatic carbocycles. The van der Waals surface area contributed by atoms with Crippen molar-refractivity contribution in [3.05, 3.63) is 0 Å². The lowest BCUT2D eigenvalue weighted by molar-refractivity contribution is 0.263. The van der Waals surface area contributed by atoms with Gasteiger partial charge >= 0.3 is 0 Å². The summed E-state index contributed by atoms with van der Waals surface area (Å²) in [6, 6.07) is 0.145. The Balaban J connectivity index is 2.70. The van der Waals surface area contributed by atoms with Crippen molar-refractivity contribution in [3.63, 3.8) is 0 Å². The molecular formula is C14H29NOS. The van der Waals surface area contributed by atoms with E-state index in [1.54, 1.807) is 0 Å². The van der Waals surface area contributed by atoms with Gasteiger partial charge in [0.2, 0.25) is 0 Å². The largest absolute Gasteiger partial charge is 0.327 e. The Kier molecular flexibility index (Phi) is 5.65. The van der Waals surface area contributed by atoms with Gasteiger partial charge in [0.25, 0.3) is 0 Å². The Morgan fingerprint density at radius 2 is 1.71 bits per heavy atom. The predicted molar refractivity (Wildman–Crippen MR) is 76.4 cm³/mol. The van der Waals surface area contributed by atoms with E-state index in [1.807, 2.05) is 0 Å². The third-order valence-electron chi connectivity index (χ3n) is 4.43.